The maximum absolute atomic E-state index is 11.3. The highest BCUT2D eigenvalue weighted by Gasteiger charge is 2.51. The Bertz CT molecular complexity index is 1410. The minimum Gasteiger partial charge on any atom is -0.460 e. The van der Waals surface area contributed by atoms with E-state index in [1.54, 1.807) is 55.4 Å². The third kappa shape index (κ3) is 16.2. The molecule has 22 nitrogen and oxygen atoms in total. The summed E-state index contributed by atoms with van der Waals surface area (Å²) in [5, 5.41) is 18.2. The summed E-state index contributed by atoms with van der Waals surface area (Å²) in [4.78, 5) is 44.4. The van der Waals surface area contributed by atoms with Gasteiger partial charge in [-0.3, -0.25) is 19.2 Å². The van der Waals surface area contributed by atoms with E-state index in [-0.39, 0.29) is 68.9 Å². The van der Waals surface area contributed by atoms with Gasteiger partial charge < -0.3 is 86.0 Å². The van der Waals surface area contributed by atoms with Crippen molar-refractivity contribution in [3.8, 4) is 0 Å². The van der Waals surface area contributed by atoms with Crippen molar-refractivity contribution in [3.05, 3.63) is 0 Å². The molecule has 376 valence electrons. The van der Waals surface area contributed by atoms with E-state index in [1.165, 1.54) is 13.8 Å². The predicted molar refractivity (Wildman–Crippen MR) is 219 cm³/mol. The molecule has 0 radical (unpaired) electrons. The minimum absolute atomic E-state index is 0.0320. The summed E-state index contributed by atoms with van der Waals surface area (Å²) < 4.78 is 88.3. The van der Waals surface area contributed by atoms with Crippen LogP contribution >= 0.6 is 0 Å². The van der Waals surface area contributed by atoms with E-state index in [1.807, 2.05) is 0 Å². The average Bonchev–Trinajstić information content (AvgIpc) is 3.30. The number of hydrogen-bond donors (Lipinski definition) is 2. The molecule has 0 amide bonds. The summed E-state index contributed by atoms with van der Waals surface area (Å²) in [6.45, 7) is 20.7. The fourth-order valence-corrected chi connectivity index (χ4v) is 6.28. The van der Waals surface area contributed by atoms with E-state index in [2.05, 4.69) is 0 Å². The van der Waals surface area contributed by atoms with Gasteiger partial charge in [0.05, 0.1) is 109 Å². The van der Waals surface area contributed by atoms with Crippen molar-refractivity contribution in [1.29, 1.82) is 0 Å². The van der Waals surface area contributed by atoms with Crippen LogP contribution in [-0.4, -0.2) is 188 Å². The summed E-state index contributed by atoms with van der Waals surface area (Å²) in [7, 11) is 0. The first kappa shape index (κ1) is 54.9. The van der Waals surface area contributed by atoms with Crippen molar-refractivity contribution in [2.24, 2.45) is 16.2 Å². The molecule has 0 saturated carbocycles. The fraction of sp³-hybridized carbons (Fsp3) is 0.907. The summed E-state index contributed by atoms with van der Waals surface area (Å²) in [6, 6.07) is 0. The van der Waals surface area contributed by atoms with Crippen LogP contribution in [0.5, 0.6) is 0 Å². The van der Waals surface area contributed by atoms with Crippen LogP contribution in [0.25, 0.3) is 0 Å². The second-order valence-electron chi connectivity index (χ2n) is 18.7. The molecule has 0 bridgehead atoms. The number of aliphatic hydroxyl groups is 2. The zero-order valence-electron chi connectivity index (χ0n) is 39.7. The van der Waals surface area contributed by atoms with Gasteiger partial charge >= 0.3 is 23.9 Å². The Morgan fingerprint density at radius 2 is 0.554 bits per heavy atom. The van der Waals surface area contributed by atoms with Crippen molar-refractivity contribution in [1.82, 2.24) is 0 Å². The number of aliphatic hydroxyl groups excluding tert-OH is 2. The van der Waals surface area contributed by atoms with Crippen molar-refractivity contribution in [3.63, 3.8) is 0 Å². The highest BCUT2D eigenvalue weighted by atomic mass is 16.8. The Hall–Kier alpha value is -2.68. The largest absolute Gasteiger partial charge is 0.460 e. The quantitative estimate of drug-likeness (QED) is 0.208. The molecule has 0 unspecified atom stereocenters. The van der Waals surface area contributed by atoms with Gasteiger partial charge in [0.15, 0.2) is 34.7 Å². The number of carbonyl (C=O) groups is 4. The van der Waals surface area contributed by atoms with E-state index in [9.17, 15) is 19.2 Å². The number of hydrogen-bond acceptors (Lipinski definition) is 22. The molecule has 6 aliphatic rings. The Kier molecular flexibility index (Phi) is 19.1. The molecule has 6 saturated heterocycles. The number of esters is 4. The van der Waals surface area contributed by atoms with Gasteiger partial charge in [0.2, 0.25) is 0 Å². The highest BCUT2D eigenvalue weighted by Crippen LogP contribution is 2.39. The zero-order valence-corrected chi connectivity index (χ0v) is 39.7. The molecule has 6 heterocycles. The first-order chi connectivity index (χ1) is 30.3. The molecule has 0 aromatic carbocycles. The second-order valence-corrected chi connectivity index (χ2v) is 18.7. The smallest absolute Gasteiger partial charge is 0.305 e. The van der Waals surface area contributed by atoms with Gasteiger partial charge in [-0.25, -0.2) is 0 Å². The number of ether oxygens (including phenoxy) is 16. The van der Waals surface area contributed by atoms with Crippen LogP contribution in [-0.2, 0) is 95.0 Å². The fourth-order valence-electron chi connectivity index (χ4n) is 6.28. The van der Waals surface area contributed by atoms with Crippen LogP contribution in [0, 0.1) is 16.2 Å². The van der Waals surface area contributed by atoms with Crippen molar-refractivity contribution in [2.45, 2.75) is 117 Å². The SMILES string of the molecule is CC(=O)OCC1(C)OCC2(CO1)COC(C)(COC(C)=O)OC2.CC1(CO)OCC2(CO1)COC(C)(CO)OC2.CCC(=O)OCC1(C)OCC2(CO1)COC(C)(COC(=O)CC)OC2. The number of carbonyl (C=O) groups excluding carboxylic acids is 4. The summed E-state index contributed by atoms with van der Waals surface area (Å²) >= 11 is 0. The highest BCUT2D eigenvalue weighted by molar-refractivity contribution is 5.69. The molecule has 6 fully saturated rings. The zero-order chi connectivity index (χ0) is 48.3. The van der Waals surface area contributed by atoms with E-state index >= 15 is 0 Å². The summed E-state index contributed by atoms with van der Waals surface area (Å²) in [5.41, 5.74) is -1.20. The predicted octanol–water partition coefficient (Wildman–Crippen LogP) is 1.51. The van der Waals surface area contributed by atoms with Gasteiger partial charge in [-0.1, -0.05) is 13.8 Å². The van der Waals surface area contributed by atoms with Crippen molar-refractivity contribution in [2.75, 3.05) is 119 Å². The van der Waals surface area contributed by atoms with Crippen LogP contribution in [0.2, 0.25) is 0 Å². The molecular formula is C43H72O22. The maximum Gasteiger partial charge on any atom is 0.305 e. The monoisotopic (exact) mass is 940 g/mol. The Labute approximate surface area is 380 Å². The van der Waals surface area contributed by atoms with Crippen LogP contribution in [0.3, 0.4) is 0 Å². The lowest BCUT2D eigenvalue weighted by Crippen LogP contribution is -2.59. The van der Waals surface area contributed by atoms with Crippen LogP contribution in [0.15, 0.2) is 0 Å². The van der Waals surface area contributed by atoms with E-state index < -0.39 is 45.6 Å². The van der Waals surface area contributed by atoms with E-state index in [0.717, 1.165) is 0 Å². The molecule has 6 aliphatic heterocycles. The topological polar surface area (TPSA) is 256 Å². The average molecular weight is 941 g/mol. The molecule has 6 rings (SSSR count). The van der Waals surface area contributed by atoms with Crippen LogP contribution in [0.1, 0.15) is 82.1 Å². The maximum atomic E-state index is 11.3. The van der Waals surface area contributed by atoms with E-state index in [4.69, 9.17) is 86.0 Å². The molecule has 0 atom stereocenters. The third-order valence-electron chi connectivity index (χ3n) is 11.4. The first-order valence-corrected chi connectivity index (χ1v) is 21.8. The van der Waals surface area contributed by atoms with Gasteiger partial charge in [0, 0.05) is 26.7 Å². The van der Waals surface area contributed by atoms with Gasteiger partial charge in [0.25, 0.3) is 0 Å². The Morgan fingerprint density at radius 1 is 0.369 bits per heavy atom. The molecule has 0 aromatic heterocycles. The Morgan fingerprint density at radius 3 is 0.723 bits per heavy atom. The lowest BCUT2D eigenvalue weighted by atomic mass is 9.89. The molecular weight excluding hydrogens is 868 g/mol. The molecule has 3 spiro atoms. The molecule has 0 aromatic rings. The van der Waals surface area contributed by atoms with Gasteiger partial charge in [-0.2, -0.15) is 0 Å². The summed E-state index contributed by atoms with van der Waals surface area (Å²) in [5.74, 6) is -7.07. The van der Waals surface area contributed by atoms with Gasteiger partial charge in [-0.15, -0.1) is 0 Å². The third-order valence-corrected chi connectivity index (χ3v) is 11.4. The van der Waals surface area contributed by atoms with Gasteiger partial charge in [0.1, 0.15) is 26.4 Å². The summed E-state index contributed by atoms with van der Waals surface area (Å²) in [6.07, 6.45) is 0.617. The number of rotatable bonds is 12. The lowest BCUT2D eigenvalue weighted by molar-refractivity contribution is -0.368. The normalized spacial score (nSPS) is 39.2. The Balaban J connectivity index is 0.000000217. The van der Waals surface area contributed by atoms with Crippen LogP contribution < -0.4 is 0 Å². The van der Waals surface area contributed by atoms with E-state index in [0.29, 0.717) is 92.1 Å². The molecule has 22 heteroatoms. The molecule has 2 N–H and O–H groups in total. The second kappa shape index (κ2) is 22.6. The molecule has 0 aliphatic carbocycles. The first-order valence-electron chi connectivity index (χ1n) is 21.8. The lowest BCUT2D eigenvalue weighted by Gasteiger charge is -2.49. The molecule has 65 heavy (non-hydrogen) atoms. The standard InChI is InChI=1S/C17H28O8.C15H24O8.C11H20O6/c1-5-13(18)20-7-15(3)22-9-17(10-23-15)11-24-16(4,25-12-17)8-21-14(19)6-2;1-11(16)18-5-13(3)20-7-15(8-21-13)9-22-14(4,23-10-15)6-19-12(2)17;1-9(3-12)14-5-11(6-15-9)7-16-10(2,4-13)17-8-11/h5-12H2,1-4H3;5-10H2,1-4H3;12-13H,3-8H2,1-2H3. The van der Waals surface area contributed by atoms with Crippen LogP contribution in [0.4, 0.5) is 0 Å². The van der Waals surface area contributed by atoms with Gasteiger partial charge in [-0.05, 0) is 41.5 Å². The van der Waals surface area contributed by atoms with Crippen molar-refractivity contribution >= 4 is 23.9 Å². The minimum atomic E-state index is -0.965. The van der Waals surface area contributed by atoms with Crippen molar-refractivity contribution < 1.29 is 105 Å².